The average molecular weight is 338 g/mol. The number of benzene rings is 1. The van der Waals surface area contributed by atoms with E-state index in [-0.39, 0.29) is 5.91 Å². The molecule has 25 heavy (non-hydrogen) atoms. The molecule has 7 heteroatoms. The molecule has 1 N–H and O–H groups in total. The van der Waals surface area contributed by atoms with E-state index in [0.717, 1.165) is 31.6 Å². The molecular formula is C18H18N4O3. The first-order valence-corrected chi connectivity index (χ1v) is 8.29. The van der Waals surface area contributed by atoms with Crippen molar-refractivity contribution in [2.24, 2.45) is 0 Å². The summed E-state index contributed by atoms with van der Waals surface area (Å²) >= 11 is 0. The summed E-state index contributed by atoms with van der Waals surface area (Å²) in [5, 5.41) is 7.10. The van der Waals surface area contributed by atoms with Crippen LogP contribution in [-0.4, -0.2) is 34.0 Å². The Hall–Kier alpha value is -3.09. The van der Waals surface area contributed by atoms with Crippen LogP contribution in [0.2, 0.25) is 0 Å². The summed E-state index contributed by atoms with van der Waals surface area (Å²) in [5.41, 5.74) is 1.52. The number of nitrogens with one attached hydrogen (secondary N) is 1. The molecule has 1 aliphatic heterocycles. The van der Waals surface area contributed by atoms with Gasteiger partial charge in [-0.15, -0.1) is 0 Å². The van der Waals surface area contributed by atoms with E-state index in [9.17, 15) is 4.79 Å². The minimum atomic E-state index is 0.0824. The minimum Gasteiger partial charge on any atom is -0.461 e. The molecule has 0 aliphatic carbocycles. The number of aromatic nitrogens is 2. The predicted molar refractivity (Wildman–Crippen MR) is 90.9 cm³/mol. The molecule has 3 heterocycles. The van der Waals surface area contributed by atoms with Crippen molar-refractivity contribution in [2.75, 3.05) is 18.4 Å². The molecule has 0 radical (unpaired) electrons. The van der Waals surface area contributed by atoms with Crippen LogP contribution >= 0.6 is 0 Å². The molecule has 0 bridgehead atoms. The third-order valence-electron chi connectivity index (χ3n) is 4.16. The Labute approximate surface area is 144 Å². The second-order valence-corrected chi connectivity index (χ2v) is 5.92. The van der Waals surface area contributed by atoms with Gasteiger partial charge >= 0.3 is 0 Å². The first-order chi connectivity index (χ1) is 12.3. The van der Waals surface area contributed by atoms with Crippen molar-refractivity contribution in [3.8, 4) is 11.6 Å². The van der Waals surface area contributed by atoms with Gasteiger partial charge in [0.15, 0.2) is 5.76 Å². The van der Waals surface area contributed by atoms with Gasteiger partial charge in [0.25, 0.3) is 5.91 Å². The number of nitrogens with zero attached hydrogens (tertiary/aromatic N) is 3. The van der Waals surface area contributed by atoms with Crippen molar-refractivity contribution < 1.29 is 13.7 Å². The molecule has 3 aromatic rings. The van der Waals surface area contributed by atoms with E-state index in [1.165, 1.54) is 0 Å². The van der Waals surface area contributed by atoms with E-state index < -0.39 is 0 Å². The zero-order chi connectivity index (χ0) is 17.1. The third-order valence-corrected chi connectivity index (χ3v) is 4.16. The highest BCUT2D eigenvalue weighted by atomic mass is 16.5. The van der Waals surface area contributed by atoms with Crippen LogP contribution in [0.15, 0.2) is 51.6 Å². The van der Waals surface area contributed by atoms with Crippen molar-refractivity contribution in [3.05, 3.63) is 54.1 Å². The summed E-state index contributed by atoms with van der Waals surface area (Å²) < 4.78 is 10.4. The highest BCUT2D eigenvalue weighted by Gasteiger charge is 2.19. The second kappa shape index (κ2) is 6.80. The highest BCUT2D eigenvalue weighted by molar-refractivity contribution is 5.95. The van der Waals surface area contributed by atoms with Crippen molar-refractivity contribution in [1.29, 1.82) is 0 Å². The van der Waals surface area contributed by atoms with Gasteiger partial charge in [0, 0.05) is 24.3 Å². The second-order valence-electron chi connectivity index (χ2n) is 5.92. The molecule has 1 aromatic carbocycles. The number of carbonyl (C=O) groups excluding carboxylic acids is 1. The van der Waals surface area contributed by atoms with Crippen LogP contribution in [0.25, 0.3) is 11.6 Å². The fraction of sp³-hybridized carbons (Fsp3) is 0.278. The quantitative estimate of drug-likeness (QED) is 0.769. The van der Waals surface area contributed by atoms with Crippen LogP contribution < -0.4 is 5.32 Å². The fourth-order valence-corrected chi connectivity index (χ4v) is 2.88. The van der Waals surface area contributed by atoms with E-state index in [1.807, 2.05) is 29.2 Å². The number of amides is 1. The summed E-state index contributed by atoms with van der Waals surface area (Å²) in [6.45, 7) is 2.05. The Morgan fingerprint density at radius 2 is 2.08 bits per heavy atom. The van der Waals surface area contributed by atoms with Gasteiger partial charge in [-0.25, -0.2) is 0 Å². The van der Waals surface area contributed by atoms with Crippen LogP contribution in [0.1, 0.15) is 29.1 Å². The molecule has 0 spiro atoms. The normalized spacial score (nSPS) is 14.0. The van der Waals surface area contributed by atoms with E-state index in [0.29, 0.717) is 29.6 Å². The van der Waals surface area contributed by atoms with Crippen molar-refractivity contribution in [3.63, 3.8) is 0 Å². The number of carbonyl (C=O) groups is 1. The number of likely N-dealkylation sites (tertiary alicyclic amines) is 1. The van der Waals surface area contributed by atoms with Gasteiger partial charge < -0.3 is 19.2 Å². The van der Waals surface area contributed by atoms with Crippen molar-refractivity contribution in [1.82, 2.24) is 15.0 Å². The van der Waals surface area contributed by atoms with E-state index in [2.05, 4.69) is 15.5 Å². The molecule has 4 rings (SSSR count). The molecule has 1 aliphatic rings. The summed E-state index contributed by atoms with van der Waals surface area (Å²) in [6.07, 6.45) is 3.73. The summed E-state index contributed by atoms with van der Waals surface area (Å²) in [7, 11) is 0. The van der Waals surface area contributed by atoms with Gasteiger partial charge in [-0.1, -0.05) is 11.2 Å². The Bertz CT molecular complexity index is 851. The monoisotopic (exact) mass is 338 g/mol. The minimum absolute atomic E-state index is 0.0824. The maximum absolute atomic E-state index is 12.5. The lowest BCUT2D eigenvalue weighted by atomic mass is 10.1. The molecule has 1 saturated heterocycles. The smallest absolute Gasteiger partial charge is 0.253 e. The number of furan rings is 1. The average Bonchev–Trinajstić information content (AvgIpc) is 3.41. The van der Waals surface area contributed by atoms with E-state index >= 15 is 0 Å². The van der Waals surface area contributed by atoms with Gasteiger partial charge in [-0.2, -0.15) is 4.98 Å². The number of hydrogen-bond acceptors (Lipinski definition) is 6. The van der Waals surface area contributed by atoms with E-state index in [4.69, 9.17) is 8.94 Å². The molecule has 128 valence electrons. The Balaban J connectivity index is 1.41. The lowest BCUT2D eigenvalue weighted by molar-refractivity contribution is 0.0793. The van der Waals surface area contributed by atoms with Gasteiger partial charge in [-0.05, 0) is 43.2 Å². The first kappa shape index (κ1) is 15.4. The molecular weight excluding hydrogens is 320 g/mol. The standard InChI is InChI=1S/C18H18N4O3/c23-18(22-8-1-2-9-22)13-5-3-6-14(11-13)19-12-16-20-17(21-25-16)15-7-4-10-24-15/h3-7,10-11,19H,1-2,8-9,12H2. The van der Waals surface area contributed by atoms with Crippen LogP contribution in [0.4, 0.5) is 5.69 Å². The zero-order valence-corrected chi connectivity index (χ0v) is 13.6. The Kier molecular flexibility index (Phi) is 4.20. The van der Waals surface area contributed by atoms with Crippen molar-refractivity contribution >= 4 is 11.6 Å². The molecule has 1 fully saturated rings. The summed E-state index contributed by atoms with van der Waals surface area (Å²) in [6, 6.07) is 11.0. The lowest BCUT2D eigenvalue weighted by Crippen LogP contribution is -2.27. The van der Waals surface area contributed by atoms with Gasteiger partial charge in [0.1, 0.15) is 0 Å². The lowest BCUT2D eigenvalue weighted by Gasteiger charge is -2.15. The Morgan fingerprint density at radius 3 is 2.88 bits per heavy atom. The highest BCUT2D eigenvalue weighted by Crippen LogP contribution is 2.18. The van der Waals surface area contributed by atoms with Gasteiger partial charge in [0.05, 0.1) is 12.8 Å². The largest absolute Gasteiger partial charge is 0.461 e. The predicted octanol–water partition coefficient (Wildman–Crippen LogP) is 3.18. The fourth-order valence-electron chi connectivity index (χ4n) is 2.88. The van der Waals surface area contributed by atoms with Crippen LogP contribution in [0.3, 0.4) is 0 Å². The summed E-state index contributed by atoms with van der Waals surface area (Å²) in [5.74, 6) is 1.51. The molecule has 0 atom stereocenters. The SMILES string of the molecule is O=C(c1cccc(NCc2nc(-c3ccco3)no2)c1)N1CCCC1. The van der Waals surface area contributed by atoms with Crippen LogP contribution in [-0.2, 0) is 6.54 Å². The zero-order valence-electron chi connectivity index (χ0n) is 13.6. The number of rotatable bonds is 5. The summed E-state index contributed by atoms with van der Waals surface area (Å²) in [4.78, 5) is 18.6. The molecule has 1 amide bonds. The molecule has 0 saturated carbocycles. The first-order valence-electron chi connectivity index (χ1n) is 8.29. The van der Waals surface area contributed by atoms with E-state index in [1.54, 1.807) is 18.4 Å². The van der Waals surface area contributed by atoms with Gasteiger partial charge in [0.2, 0.25) is 11.7 Å². The number of hydrogen-bond donors (Lipinski definition) is 1. The number of anilines is 1. The molecule has 0 unspecified atom stereocenters. The maximum atomic E-state index is 12.5. The van der Waals surface area contributed by atoms with Crippen LogP contribution in [0.5, 0.6) is 0 Å². The topological polar surface area (TPSA) is 84.4 Å². The van der Waals surface area contributed by atoms with Crippen molar-refractivity contribution in [2.45, 2.75) is 19.4 Å². The van der Waals surface area contributed by atoms with Crippen LogP contribution in [0, 0.1) is 0 Å². The third kappa shape index (κ3) is 3.40. The molecule has 7 nitrogen and oxygen atoms in total. The molecule has 2 aromatic heterocycles. The maximum Gasteiger partial charge on any atom is 0.253 e. The Morgan fingerprint density at radius 1 is 1.20 bits per heavy atom. The van der Waals surface area contributed by atoms with Gasteiger partial charge in [-0.3, -0.25) is 4.79 Å².